The smallest absolute Gasteiger partial charge is 0.408 e. The normalized spacial score (nSPS) is 12.3. The fraction of sp³-hybridized carbons (Fsp3) is 0.308. The van der Waals surface area contributed by atoms with E-state index in [2.05, 4.69) is 5.32 Å². The van der Waals surface area contributed by atoms with E-state index in [0.717, 1.165) is 16.3 Å². The van der Waals surface area contributed by atoms with Crippen molar-refractivity contribution in [1.29, 1.82) is 0 Å². The number of likely N-dealkylation sites (N-methyl/N-ethyl adjacent to an activating group) is 1. The number of fused-ring (bicyclic) bond motifs is 1. The average Bonchev–Trinajstić information content (AvgIpc) is 2.71. The first-order valence-electron chi connectivity index (χ1n) is 10.6. The van der Waals surface area contributed by atoms with E-state index in [1.807, 2.05) is 42.5 Å². The van der Waals surface area contributed by atoms with Crippen LogP contribution in [0.25, 0.3) is 10.8 Å². The van der Waals surface area contributed by atoms with Gasteiger partial charge in [-0.3, -0.25) is 4.79 Å². The number of nitrogens with one attached hydrogen (secondary N) is 1. The average molecular weight is 437 g/mol. The lowest BCUT2D eigenvalue weighted by atomic mass is 10.0. The Morgan fingerprint density at radius 1 is 0.969 bits per heavy atom. The van der Waals surface area contributed by atoms with Crippen molar-refractivity contribution in [2.75, 3.05) is 7.05 Å². The molecule has 5 nitrogen and oxygen atoms in total. The number of rotatable bonds is 6. The highest BCUT2D eigenvalue weighted by Crippen LogP contribution is 2.18. The molecule has 2 amide bonds. The maximum Gasteiger partial charge on any atom is 0.408 e. The minimum absolute atomic E-state index is 0.223. The fourth-order valence-electron chi connectivity index (χ4n) is 3.50. The highest BCUT2D eigenvalue weighted by Gasteiger charge is 2.27. The van der Waals surface area contributed by atoms with Crippen LogP contribution in [0.1, 0.15) is 31.9 Å². The van der Waals surface area contributed by atoms with Gasteiger partial charge < -0.3 is 15.0 Å². The molecule has 3 rings (SSSR count). The van der Waals surface area contributed by atoms with Crippen molar-refractivity contribution in [3.63, 3.8) is 0 Å². The summed E-state index contributed by atoms with van der Waals surface area (Å²) < 4.78 is 18.9. The van der Waals surface area contributed by atoms with Gasteiger partial charge in [0.05, 0.1) is 0 Å². The molecular weight excluding hydrogens is 407 g/mol. The first-order chi connectivity index (χ1) is 15.1. The van der Waals surface area contributed by atoms with Crippen LogP contribution in [-0.4, -0.2) is 35.6 Å². The van der Waals surface area contributed by atoms with Crippen LogP contribution >= 0.6 is 0 Å². The monoisotopic (exact) mass is 436 g/mol. The van der Waals surface area contributed by atoms with Crippen molar-refractivity contribution in [1.82, 2.24) is 10.2 Å². The summed E-state index contributed by atoms with van der Waals surface area (Å²) >= 11 is 0. The summed E-state index contributed by atoms with van der Waals surface area (Å²) in [6.07, 6.45) is -0.355. The van der Waals surface area contributed by atoms with E-state index >= 15 is 0 Å². The standard InChI is InChI=1S/C26H29FN2O3/c1-26(2,3)32-25(31)28-23(16-18-12-13-20-9-5-6-10-21(20)14-18)24(30)29(4)17-19-8-7-11-22(27)15-19/h5-15,23H,16-17H2,1-4H3,(H,28,31). The van der Waals surface area contributed by atoms with E-state index in [4.69, 9.17) is 4.74 Å². The summed E-state index contributed by atoms with van der Waals surface area (Å²) in [6, 6.07) is 19.2. The number of amides is 2. The number of carbonyl (C=O) groups is 2. The third kappa shape index (κ3) is 6.54. The molecule has 3 aromatic rings. The van der Waals surface area contributed by atoms with Gasteiger partial charge in [0.25, 0.3) is 0 Å². The maximum absolute atomic E-state index is 13.5. The Labute approximate surface area is 188 Å². The number of halogens is 1. The highest BCUT2D eigenvalue weighted by molar-refractivity contribution is 5.87. The molecule has 0 saturated carbocycles. The quantitative estimate of drug-likeness (QED) is 0.587. The molecule has 3 aromatic carbocycles. The minimum atomic E-state index is -0.829. The number of hydrogen-bond donors (Lipinski definition) is 1. The lowest BCUT2D eigenvalue weighted by Gasteiger charge is -2.27. The zero-order valence-electron chi connectivity index (χ0n) is 18.9. The van der Waals surface area contributed by atoms with Gasteiger partial charge in [-0.05, 0) is 54.8 Å². The second-order valence-electron chi connectivity index (χ2n) is 8.91. The predicted octanol–water partition coefficient (Wildman–Crippen LogP) is 5.07. The number of hydrogen-bond acceptors (Lipinski definition) is 3. The van der Waals surface area contributed by atoms with Crippen molar-refractivity contribution >= 4 is 22.8 Å². The molecule has 0 saturated heterocycles. The van der Waals surface area contributed by atoms with Gasteiger partial charge in [0, 0.05) is 20.0 Å². The SMILES string of the molecule is CN(Cc1cccc(F)c1)C(=O)C(Cc1ccc2ccccc2c1)NC(=O)OC(C)(C)C. The van der Waals surface area contributed by atoms with Crippen molar-refractivity contribution in [3.8, 4) is 0 Å². The van der Waals surface area contributed by atoms with Crippen molar-refractivity contribution in [2.24, 2.45) is 0 Å². The molecule has 0 aliphatic carbocycles. The summed E-state index contributed by atoms with van der Waals surface area (Å²) in [5.41, 5.74) is 0.897. The molecular formula is C26H29FN2O3. The summed E-state index contributed by atoms with van der Waals surface area (Å²) in [4.78, 5) is 27.2. The molecule has 0 aromatic heterocycles. The molecule has 0 heterocycles. The van der Waals surface area contributed by atoms with Crippen molar-refractivity contribution in [3.05, 3.63) is 83.7 Å². The van der Waals surface area contributed by atoms with Crippen LogP contribution in [0.3, 0.4) is 0 Å². The largest absolute Gasteiger partial charge is 0.444 e. The van der Waals surface area contributed by atoms with E-state index < -0.39 is 17.7 Å². The van der Waals surface area contributed by atoms with E-state index in [1.54, 1.807) is 40.0 Å². The Kier molecular flexibility index (Phi) is 7.13. The molecule has 0 aliphatic rings. The van der Waals surface area contributed by atoms with Crippen LogP contribution in [0, 0.1) is 5.82 Å². The molecule has 0 bridgehead atoms. The second-order valence-corrected chi connectivity index (χ2v) is 8.91. The molecule has 1 unspecified atom stereocenters. The van der Waals surface area contributed by atoms with Crippen LogP contribution in [0.4, 0.5) is 9.18 Å². The van der Waals surface area contributed by atoms with Crippen LogP contribution in [-0.2, 0) is 22.5 Å². The van der Waals surface area contributed by atoms with Crippen LogP contribution in [0.2, 0.25) is 0 Å². The van der Waals surface area contributed by atoms with Crippen LogP contribution < -0.4 is 5.32 Å². The third-order valence-corrected chi connectivity index (χ3v) is 4.93. The van der Waals surface area contributed by atoms with Gasteiger partial charge in [-0.2, -0.15) is 0 Å². The van der Waals surface area contributed by atoms with Crippen LogP contribution in [0.5, 0.6) is 0 Å². The number of ether oxygens (including phenoxy) is 1. The zero-order valence-corrected chi connectivity index (χ0v) is 18.9. The molecule has 32 heavy (non-hydrogen) atoms. The molecule has 0 spiro atoms. The summed E-state index contributed by atoms with van der Waals surface area (Å²) in [7, 11) is 1.64. The Morgan fingerprint density at radius 2 is 1.69 bits per heavy atom. The molecule has 0 fully saturated rings. The van der Waals surface area contributed by atoms with Gasteiger partial charge in [-0.25, -0.2) is 9.18 Å². The van der Waals surface area contributed by atoms with E-state index in [1.165, 1.54) is 17.0 Å². The molecule has 6 heteroatoms. The van der Waals surface area contributed by atoms with Gasteiger partial charge in [-0.15, -0.1) is 0 Å². The van der Waals surface area contributed by atoms with Crippen molar-refractivity contribution in [2.45, 2.75) is 45.4 Å². The predicted molar refractivity (Wildman–Crippen MR) is 124 cm³/mol. The Bertz CT molecular complexity index is 1110. The zero-order chi connectivity index (χ0) is 23.3. The molecule has 0 aliphatic heterocycles. The Balaban J connectivity index is 1.81. The third-order valence-electron chi connectivity index (χ3n) is 4.93. The molecule has 1 N–H and O–H groups in total. The first-order valence-corrected chi connectivity index (χ1v) is 10.6. The Hall–Kier alpha value is -3.41. The van der Waals surface area contributed by atoms with Gasteiger partial charge in [-0.1, -0.05) is 54.6 Å². The van der Waals surface area contributed by atoms with Crippen molar-refractivity contribution < 1.29 is 18.7 Å². The van der Waals surface area contributed by atoms with Gasteiger partial charge in [0.15, 0.2) is 0 Å². The second kappa shape index (κ2) is 9.81. The Morgan fingerprint density at radius 3 is 2.38 bits per heavy atom. The summed E-state index contributed by atoms with van der Waals surface area (Å²) in [6.45, 7) is 5.52. The van der Waals surface area contributed by atoms with E-state index in [9.17, 15) is 14.0 Å². The van der Waals surface area contributed by atoms with Gasteiger partial charge in [0.1, 0.15) is 17.5 Å². The molecule has 1 atom stereocenters. The molecule has 0 radical (unpaired) electrons. The lowest BCUT2D eigenvalue weighted by Crippen LogP contribution is -2.49. The van der Waals surface area contributed by atoms with Gasteiger partial charge >= 0.3 is 6.09 Å². The van der Waals surface area contributed by atoms with E-state index in [0.29, 0.717) is 12.0 Å². The van der Waals surface area contributed by atoms with E-state index in [-0.39, 0.29) is 18.3 Å². The minimum Gasteiger partial charge on any atom is -0.444 e. The van der Waals surface area contributed by atoms with Gasteiger partial charge in [0.2, 0.25) is 5.91 Å². The topological polar surface area (TPSA) is 58.6 Å². The maximum atomic E-state index is 13.5. The first kappa shape index (κ1) is 23.3. The number of benzene rings is 3. The highest BCUT2D eigenvalue weighted by atomic mass is 19.1. The number of nitrogens with zero attached hydrogens (tertiary/aromatic N) is 1. The summed E-state index contributed by atoms with van der Waals surface area (Å²) in [5, 5.41) is 4.88. The fourth-order valence-corrected chi connectivity index (χ4v) is 3.50. The lowest BCUT2D eigenvalue weighted by molar-refractivity contribution is -0.132. The molecule has 168 valence electrons. The number of alkyl carbamates (subject to hydrolysis) is 1. The summed E-state index contributed by atoms with van der Waals surface area (Å²) in [5.74, 6) is -0.642. The number of carbonyl (C=O) groups excluding carboxylic acids is 2. The van der Waals surface area contributed by atoms with Crippen LogP contribution in [0.15, 0.2) is 66.7 Å².